The van der Waals surface area contributed by atoms with E-state index in [1.54, 1.807) is 25.3 Å². The second kappa shape index (κ2) is 9.15. The van der Waals surface area contributed by atoms with Crippen LogP contribution in [0.15, 0.2) is 47.4 Å². The number of benzene rings is 2. The molecule has 0 bridgehead atoms. The van der Waals surface area contributed by atoms with E-state index >= 15 is 0 Å². The Hall–Kier alpha value is -2.09. The van der Waals surface area contributed by atoms with Crippen LogP contribution in [0, 0.1) is 6.92 Å². The summed E-state index contributed by atoms with van der Waals surface area (Å²) < 4.78 is 33.9. The summed E-state index contributed by atoms with van der Waals surface area (Å²) in [6.45, 7) is 4.17. The van der Waals surface area contributed by atoms with Gasteiger partial charge in [-0.25, -0.2) is 13.1 Å². The third-order valence-electron chi connectivity index (χ3n) is 5.52. The molecule has 2 aromatic rings. The zero-order valence-corrected chi connectivity index (χ0v) is 18.5. The Bertz CT molecular complexity index is 921. The Kier molecular flexibility index (Phi) is 6.82. The summed E-state index contributed by atoms with van der Waals surface area (Å²) in [5, 5.41) is 0. The minimum absolute atomic E-state index is 0.0165. The third-order valence-corrected chi connectivity index (χ3v) is 6.94. The highest BCUT2D eigenvalue weighted by Gasteiger charge is 2.26. The molecular formula is C22H31N3O3S. The molecule has 1 atom stereocenters. The average Bonchev–Trinajstić information content (AvgIpc) is 3.23. The van der Waals surface area contributed by atoms with Gasteiger partial charge in [0.1, 0.15) is 5.75 Å². The summed E-state index contributed by atoms with van der Waals surface area (Å²) in [4.78, 5) is 4.69. The Morgan fingerprint density at radius 1 is 1.10 bits per heavy atom. The van der Waals surface area contributed by atoms with E-state index in [0.717, 1.165) is 42.7 Å². The summed E-state index contributed by atoms with van der Waals surface area (Å²) in [7, 11) is 2.00. The molecule has 1 heterocycles. The lowest BCUT2D eigenvalue weighted by atomic mass is 10.1. The van der Waals surface area contributed by atoms with Gasteiger partial charge in [0.25, 0.3) is 0 Å². The zero-order chi connectivity index (χ0) is 21.0. The van der Waals surface area contributed by atoms with Crippen LogP contribution in [0.25, 0.3) is 0 Å². The Morgan fingerprint density at radius 3 is 2.31 bits per heavy atom. The van der Waals surface area contributed by atoms with Gasteiger partial charge in [-0.1, -0.05) is 12.1 Å². The highest BCUT2D eigenvalue weighted by Crippen LogP contribution is 2.27. The Morgan fingerprint density at radius 2 is 1.76 bits per heavy atom. The Balaban J connectivity index is 1.80. The predicted molar refractivity (Wildman–Crippen MR) is 117 cm³/mol. The predicted octanol–water partition coefficient (Wildman–Crippen LogP) is 3.19. The van der Waals surface area contributed by atoms with Gasteiger partial charge in [-0.2, -0.15) is 0 Å². The van der Waals surface area contributed by atoms with Crippen molar-refractivity contribution in [2.24, 2.45) is 0 Å². The topological polar surface area (TPSA) is 61.9 Å². The number of hydrogen-bond acceptors (Lipinski definition) is 5. The highest BCUT2D eigenvalue weighted by atomic mass is 32.2. The number of hydrogen-bond donors (Lipinski definition) is 1. The van der Waals surface area contributed by atoms with Crippen LogP contribution >= 0.6 is 0 Å². The van der Waals surface area contributed by atoms with Crippen LogP contribution in [-0.4, -0.2) is 54.2 Å². The van der Waals surface area contributed by atoms with Crippen molar-refractivity contribution in [3.63, 3.8) is 0 Å². The minimum Gasteiger partial charge on any atom is -0.496 e. The first-order valence-electron chi connectivity index (χ1n) is 9.97. The minimum atomic E-state index is -3.60. The molecule has 3 rings (SSSR count). The van der Waals surface area contributed by atoms with Crippen LogP contribution in [0.2, 0.25) is 0 Å². The number of methoxy groups -OCH3 is 1. The molecule has 0 aromatic heterocycles. The fourth-order valence-corrected chi connectivity index (χ4v) is 4.92. The van der Waals surface area contributed by atoms with Gasteiger partial charge in [0.15, 0.2) is 0 Å². The summed E-state index contributed by atoms with van der Waals surface area (Å²) in [5.41, 5.74) is 3.06. The Labute approximate surface area is 174 Å². The van der Waals surface area contributed by atoms with Crippen LogP contribution in [0.4, 0.5) is 5.69 Å². The maximum atomic E-state index is 12.9. The van der Waals surface area contributed by atoms with E-state index in [1.807, 2.05) is 21.0 Å². The first-order chi connectivity index (χ1) is 13.8. The van der Waals surface area contributed by atoms with Crippen molar-refractivity contribution in [2.75, 3.05) is 45.7 Å². The van der Waals surface area contributed by atoms with Crippen molar-refractivity contribution in [2.45, 2.75) is 30.7 Å². The van der Waals surface area contributed by atoms with Gasteiger partial charge in [0.2, 0.25) is 10.0 Å². The smallest absolute Gasteiger partial charge is 0.240 e. The van der Waals surface area contributed by atoms with Crippen molar-refractivity contribution in [3.8, 4) is 5.75 Å². The second-order valence-corrected chi connectivity index (χ2v) is 9.50. The molecule has 0 aliphatic carbocycles. The molecule has 0 spiro atoms. The van der Waals surface area contributed by atoms with E-state index < -0.39 is 10.0 Å². The van der Waals surface area contributed by atoms with Crippen LogP contribution in [-0.2, 0) is 10.0 Å². The van der Waals surface area contributed by atoms with Gasteiger partial charge in [0, 0.05) is 32.4 Å². The lowest BCUT2D eigenvalue weighted by Crippen LogP contribution is -2.36. The molecule has 158 valence electrons. The van der Waals surface area contributed by atoms with E-state index in [9.17, 15) is 8.42 Å². The van der Waals surface area contributed by atoms with E-state index in [1.165, 1.54) is 0 Å². The third kappa shape index (κ3) is 5.10. The number of likely N-dealkylation sites (tertiary alicyclic amines) is 1. The van der Waals surface area contributed by atoms with Crippen LogP contribution in [0.3, 0.4) is 0 Å². The van der Waals surface area contributed by atoms with E-state index in [0.29, 0.717) is 12.3 Å². The summed E-state index contributed by atoms with van der Waals surface area (Å²) >= 11 is 0. The zero-order valence-electron chi connectivity index (χ0n) is 17.7. The molecule has 1 unspecified atom stereocenters. The number of sulfonamides is 1. The van der Waals surface area contributed by atoms with Crippen molar-refractivity contribution >= 4 is 15.7 Å². The van der Waals surface area contributed by atoms with Crippen molar-refractivity contribution in [3.05, 3.63) is 53.6 Å². The molecule has 7 heteroatoms. The van der Waals surface area contributed by atoms with Gasteiger partial charge in [0.05, 0.1) is 12.0 Å². The maximum Gasteiger partial charge on any atom is 0.240 e. The van der Waals surface area contributed by atoms with Gasteiger partial charge in [-0.05, 0) is 74.3 Å². The van der Waals surface area contributed by atoms with E-state index in [4.69, 9.17) is 4.74 Å². The van der Waals surface area contributed by atoms with E-state index in [2.05, 4.69) is 38.8 Å². The number of nitrogens with zero attached hydrogens (tertiary/aromatic N) is 2. The fraction of sp³-hybridized carbons (Fsp3) is 0.455. The van der Waals surface area contributed by atoms with Gasteiger partial charge >= 0.3 is 0 Å². The SMILES string of the molecule is COc1ccc(S(=O)(=O)NCC(c2ccc(N(C)C)cc2)N2CCCC2)cc1C. The number of aryl methyl sites for hydroxylation is 1. The molecule has 1 fully saturated rings. The molecule has 0 amide bonds. The maximum absolute atomic E-state index is 12.9. The number of ether oxygens (including phenoxy) is 1. The van der Waals surface area contributed by atoms with Gasteiger partial charge in [-0.15, -0.1) is 0 Å². The molecule has 2 aromatic carbocycles. The van der Waals surface area contributed by atoms with Crippen molar-refractivity contribution in [1.29, 1.82) is 0 Å². The molecule has 1 aliphatic rings. The number of anilines is 1. The lowest BCUT2D eigenvalue weighted by molar-refractivity contribution is 0.246. The summed E-state index contributed by atoms with van der Waals surface area (Å²) in [6, 6.07) is 13.3. The van der Waals surface area contributed by atoms with Crippen LogP contribution in [0.5, 0.6) is 5.75 Å². The quantitative estimate of drug-likeness (QED) is 0.715. The number of nitrogens with one attached hydrogen (secondary N) is 1. The first kappa shape index (κ1) is 21.6. The fourth-order valence-electron chi connectivity index (χ4n) is 3.80. The van der Waals surface area contributed by atoms with Crippen molar-refractivity contribution in [1.82, 2.24) is 9.62 Å². The number of rotatable bonds is 8. The molecule has 0 radical (unpaired) electrons. The second-order valence-electron chi connectivity index (χ2n) is 7.73. The van der Waals surface area contributed by atoms with Crippen molar-refractivity contribution < 1.29 is 13.2 Å². The monoisotopic (exact) mass is 417 g/mol. The normalized spacial score (nSPS) is 16.0. The molecule has 1 aliphatic heterocycles. The standard InChI is InChI=1S/C22H31N3O3S/c1-17-15-20(11-12-22(17)28-4)29(26,27)23-16-21(25-13-5-6-14-25)18-7-9-19(10-8-18)24(2)3/h7-12,15,21,23H,5-6,13-14,16H2,1-4H3. The largest absolute Gasteiger partial charge is 0.496 e. The average molecular weight is 418 g/mol. The molecule has 29 heavy (non-hydrogen) atoms. The molecule has 0 saturated carbocycles. The molecule has 1 saturated heterocycles. The van der Waals surface area contributed by atoms with Gasteiger partial charge in [-0.3, -0.25) is 4.90 Å². The summed E-state index contributed by atoms with van der Waals surface area (Å²) in [5.74, 6) is 0.680. The first-order valence-corrected chi connectivity index (χ1v) is 11.5. The van der Waals surface area contributed by atoms with Crippen LogP contribution in [0.1, 0.15) is 30.0 Å². The van der Waals surface area contributed by atoms with Gasteiger partial charge < -0.3 is 9.64 Å². The van der Waals surface area contributed by atoms with Crippen LogP contribution < -0.4 is 14.4 Å². The molecule has 6 nitrogen and oxygen atoms in total. The molecular weight excluding hydrogens is 386 g/mol. The summed E-state index contributed by atoms with van der Waals surface area (Å²) in [6.07, 6.45) is 2.30. The lowest BCUT2D eigenvalue weighted by Gasteiger charge is -2.28. The molecule has 1 N–H and O–H groups in total. The van der Waals surface area contributed by atoms with E-state index in [-0.39, 0.29) is 10.9 Å². The highest BCUT2D eigenvalue weighted by molar-refractivity contribution is 7.89.